The van der Waals surface area contributed by atoms with Crippen molar-refractivity contribution in [2.75, 3.05) is 11.9 Å². The molecule has 0 aliphatic rings. The van der Waals surface area contributed by atoms with Crippen molar-refractivity contribution >= 4 is 17.6 Å². The number of amides is 1. The first-order chi connectivity index (χ1) is 11.4. The van der Waals surface area contributed by atoms with Gasteiger partial charge in [-0.2, -0.15) is 5.26 Å². The first-order valence-corrected chi connectivity index (χ1v) is 7.46. The number of nitrogens with one attached hydrogen (secondary N) is 1. The molecule has 0 saturated carbocycles. The molecule has 6 nitrogen and oxygen atoms in total. The number of ketones is 1. The van der Waals surface area contributed by atoms with Gasteiger partial charge < -0.3 is 9.15 Å². The van der Waals surface area contributed by atoms with Crippen LogP contribution in [-0.2, 0) is 4.79 Å². The summed E-state index contributed by atoms with van der Waals surface area (Å²) in [7, 11) is 0. The van der Waals surface area contributed by atoms with Gasteiger partial charge in [-0.1, -0.05) is 17.7 Å². The molecular formula is C18H18N2O4. The molecule has 1 aromatic heterocycles. The molecule has 2 rings (SSSR count). The molecule has 1 aromatic carbocycles. The average Bonchev–Trinajstić information content (AvgIpc) is 2.84. The molecule has 24 heavy (non-hydrogen) atoms. The predicted octanol–water partition coefficient (Wildman–Crippen LogP) is 3.38. The van der Waals surface area contributed by atoms with E-state index in [-0.39, 0.29) is 41.7 Å². The van der Waals surface area contributed by atoms with Crippen molar-refractivity contribution in [2.24, 2.45) is 0 Å². The van der Waals surface area contributed by atoms with Gasteiger partial charge in [0.2, 0.25) is 11.8 Å². The van der Waals surface area contributed by atoms with Gasteiger partial charge in [0.15, 0.2) is 5.78 Å². The maximum absolute atomic E-state index is 12.0. The van der Waals surface area contributed by atoms with Gasteiger partial charge >= 0.3 is 0 Å². The lowest BCUT2D eigenvalue weighted by Crippen LogP contribution is -2.15. The third-order valence-electron chi connectivity index (χ3n) is 3.42. The van der Waals surface area contributed by atoms with Crippen molar-refractivity contribution in [3.05, 3.63) is 46.7 Å². The quantitative estimate of drug-likeness (QED) is 0.822. The Morgan fingerprint density at radius 2 is 1.92 bits per heavy atom. The molecule has 0 spiro atoms. The molecule has 0 aliphatic heterocycles. The van der Waals surface area contributed by atoms with Crippen molar-refractivity contribution in [2.45, 2.75) is 27.2 Å². The molecule has 1 N–H and O–H groups in total. The summed E-state index contributed by atoms with van der Waals surface area (Å²) in [4.78, 5) is 23.5. The van der Waals surface area contributed by atoms with Gasteiger partial charge in [-0.15, -0.1) is 0 Å². The SMILES string of the molecule is CC(=O)c1c(C)oc(NC(=O)CCOc2ccc(C)cc2)c1C#N. The summed E-state index contributed by atoms with van der Waals surface area (Å²) >= 11 is 0. The molecule has 0 radical (unpaired) electrons. The monoisotopic (exact) mass is 326 g/mol. The van der Waals surface area contributed by atoms with E-state index in [1.807, 2.05) is 37.3 Å². The number of benzene rings is 1. The molecule has 2 aromatic rings. The Bertz CT molecular complexity index is 798. The third-order valence-corrected chi connectivity index (χ3v) is 3.42. The van der Waals surface area contributed by atoms with Gasteiger partial charge in [0.25, 0.3) is 0 Å². The fourth-order valence-electron chi connectivity index (χ4n) is 2.25. The molecule has 0 fully saturated rings. The lowest BCUT2D eigenvalue weighted by atomic mass is 10.1. The number of carbonyl (C=O) groups excluding carboxylic acids is 2. The van der Waals surface area contributed by atoms with Gasteiger partial charge in [0, 0.05) is 0 Å². The van der Waals surface area contributed by atoms with Crippen LogP contribution in [-0.4, -0.2) is 18.3 Å². The highest BCUT2D eigenvalue weighted by Gasteiger charge is 2.22. The van der Waals surface area contributed by atoms with Crippen LogP contribution in [0.1, 0.15) is 40.6 Å². The minimum Gasteiger partial charge on any atom is -0.493 e. The number of nitriles is 1. The fraction of sp³-hybridized carbons (Fsp3) is 0.278. The summed E-state index contributed by atoms with van der Waals surface area (Å²) < 4.78 is 10.8. The molecule has 0 saturated heterocycles. The smallest absolute Gasteiger partial charge is 0.230 e. The van der Waals surface area contributed by atoms with Crippen LogP contribution >= 0.6 is 0 Å². The highest BCUT2D eigenvalue weighted by molar-refractivity contribution is 6.00. The van der Waals surface area contributed by atoms with E-state index in [0.717, 1.165) is 5.56 Å². The third kappa shape index (κ3) is 4.02. The molecule has 0 atom stereocenters. The molecule has 124 valence electrons. The number of nitrogens with zero attached hydrogens (tertiary/aromatic N) is 1. The average molecular weight is 326 g/mol. The van der Waals surface area contributed by atoms with Crippen molar-refractivity contribution in [3.63, 3.8) is 0 Å². The molecule has 1 amide bonds. The van der Waals surface area contributed by atoms with Crippen LogP contribution in [0.4, 0.5) is 5.88 Å². The van der Waals surface area contributed by atoms with E-state index in [0.29, 0.717) is 11.5 Å². The van der Waals surface area contributed by atoms with Crippen molar-refractivity contribution in [1.29, 1.82) is 5.26 Å². The van der Waals surface area contributed by atoms with E-state index in [9.17, 15) is 14.9 Å². The Morgan fingerprint density at radius 1 is 1.25 bits per heavy atom. The van der Waals surface area contributed by atoms with Crippen molar-refractivity contribution in [1.82, 2.24) is 0 Å². The molecular weight excluding hydrogens is 308 g/mol. The van der Waals surface area contributed by atoms with Gasteiger partial charge in [-0.05, 0) is 32.9 Å². The number of rotatable bonds is 6. The van der Waals surface area contributed by atoms with Gasteiger partial charge in [0.1, 0.15) is 23.1 Å². The van der Waals surface area contributed by atoms with E-state index in [1.54, 1.807) is 6.92 Å². The summed E-state index contributed by atoms with van der Waals surface area (Å²) in [6.07, 6.45) is 0.0912. The van der Waals surface area contributed by atoms with E-state index in [2.05, 4.69) is 5.32 Å². The van der Waals surface area contributed by atoms with E-state index in [4.69, 9.17) is 9.15 Å². The summed E-state index contributed by atoms with van der Waals surface area (Å²) in [5, 5.41) is 11.7. The minimum absolute atomic E-state index is 0.000496. The zero-order chi connectivity index (χ0) is 17.7. The maximum Gasteiger partial charge on any atom is 0.230 e. The Labute approximate surface area is 140 Å². The number of furan rings is 1. The second-order valence-corrected chi connectivity index (χ2v) is 5.37. The second-order valence-electron chi connectivity index (χ2n) is 5.37. The number of ether oxygens (including phenoxy) is 1. The Morgan fingerprint density at radius 3 is 2.50 bits per heavy atom. The number of carbonyl (C=O) groups is 2. The van der Waals surface area contributed by atoms with Crippen LogP contribution < -0.4 is 10.1 Å². The number of hydrogen-bond acceptors (Lipinski definition) is 5. The van der Waals surface area contributed by atoms with Gasteiger partial charge in [-0.3, -0.25) is 14.9 Å². The van der Waals surface area contributed by atoms with Gasteiger partial charge in [0.05, 0.1) is 18.6 Å². The van der Waals surface area contributed by atoms with Crippen LogP contribution in [0.2, 0.25) is 0 Å². The van der Waals surface area contributed by atoms with Crippen molar-refractivity contribution in [3.8, 4) is 11.8 Å². The van der Waals surface area contributed by atoms with E-state index < -0.39 is 0 Å². The van der Waals surface area contributed by atoms with Gasteiger partial charge in [-0.25, -0.2) is 0 Å². The second kappa shape index (κ2) is 7.47. The van der Waals surface area contributed by atoms with Crippen molar-refractivity contribution < 1.29 is 18.7 Å². The summed E-state index contributed by atoms with van der Waals surface area (Å²) in [5.41, 5.74) is 1.37. The minimum atomic E-state index is -0.359. The number of anilines is 1. The van der Waals surface area contributed by atoms with Crippen LogP contribution in [0.15, 0.2) is 28.7 Å². The zero-order valence-corrected chi connectivity index (χ0v) is 13.8. The standard InChI is InChI=1S/C18H18N2O4/c1-11-4-6-14(7-5-11)23-9-8-16(22)20-18-15(10-19)17(12(2)21)13(3)24-18/h4-7H,8-9H2,1-3H3,(H,20,22). The normalized spacial score (nSPS) is 10.1. The lowest BCUT2D eigenvalue weighted by Gasteiger charge is -2.06. The maximum atomic E-state index is 12.0. The van der Waals surface area contributed by atoms with E-state index >= 15 is 0 Å². The predicted molar refractivity (Wildman–Crippen MR) is 88.1 cm³/mol. The lowest BCUT2D eigenvalue weighted by molar-refractivity contribution is -0.116. The summed E-state index contributed by atoms with van der Waals surface area (Å²) in [5.74, 6) is 0.350. The summed E-state index contributed by atoms with van der Waals surface area (Å²) in [6.45, 7) is 5.09. The summed E-state index contributed by atoms with van der Waals surface area (Å²) in [6, 6.07) is 9.40. The molecule has 0 unspecified atom stereocenters. The first-order valence-electron chi connectivity index (χ1n) is 7.46. The number of aryl methyl sites for hydroxylation is 2. The highest BCUT2D eigenvalue weighted by Crippen LogP contribution is 2.26. The van der Waals surface area contributed by atoms with E-state index in [1.165, 1.54) is 6.92 Å². The zero-order valence-electron chi connectivity index (χ0n) is 13.8. The van der Waals surface area contributed by atoms with Crippen LogP contribution in [0.25, 0.3) is 0 Å². The highest BCUT2D eigenvalue weighted by atomic mass is 16.5. The Hall–Kier alpha value is -3.07. The topological polar surface area (TPSA) is 92.3 Å². The first kappa shape index (κ1) is 17.3. The van der Waals surface area contributed by atoms with Crippen LogP contribution in [0.5, 0.6) is 5.75 Å². The van der Waals surface area contributed by atoms with Crippen LogP contribution in [0, 0.1) is 25.2 Å². The largest absolute Gasteiger partial charge is 0.493 e. The Balaban J connectivity index is 1.95. The fourth-order valence-corrected chi connectivity index (χ4v) is 2.25. The number of hydrogen-bond donors (Lipinski definition) is 1. The van der Waals surface area contributed by atoms with Crippen LogP contribution in [0.3, 0.4) is 0 Å². The molecule has 1 heterocycles. The molecule has 0 bridgehead atoms. The Kier molecular flexibility index (Phi) is 5.38. The molecule has 6 heteroatoms. The molecule has 0 aliphatic carbocycles. The number of Topliss-reactive ketones (excluding diaryl/α,β-unsaturated/α-hetero) is 1.